The molecule has 1 aliphatic heterocycles. The number of halogens is 1. The van der Waals surface area contributed by atoms with Crippen molar-refractivity contribution in [3.63, 3.8) is 0 Å². The van der Waals surface area contributed by atoms with Gasteiger partial charge in [-0.25, -0.2) is 0 Å². The first kappa shape index (κ1) is 10.9. The van der Waals surface area contributed by atoms with Gasteiger partial charge in [-0.15, -0.1) is 11.3 Å². The molecule has 0 saturated carbocycles. The van der Waals surface area contributed by atoms with Crippen LogP contribution in [0, 0.1) is 5.92 Å². The predicted molar refractivity (Wildman–Crippen MR) is 56.5 cm³/mol. The number of thiophene rings is 1. The summed E-state index contributed by atoms with van der Waals surface area (Å²) in [5.74, 6) is -0.658. The molecule has 0 bridgehead atoms. The predicted octanol–water partition coefficient (Wildman–Crippen LogP) is 0.889. The zero-order valence-corrected chi connectivity index (χ0v) is 9.26. The third kappa shape index (κ3) is 2.15. The third-order valence-electron chi connectivity index (χ3n) is 2.45. The van der Waals surface area contributed by atoms with Crippen molar-refractivity contribution < 1.29 is 15.0 Å². The minimum atomic E-state index is -1.49. The van der Waals surface area contributed by atoms with Gasteiger partial charge in [0.2, 0.25) is 5.91 Å². The minimum absolute atomic E-state index is 0.137. The Balaban J connectivity index is 2.24. The fraction of sp³-hybridized carbons (Fsp3) is 0.444. The number of aliphatic hydroxyl groups is 2. The van der Waals surface area contributed by atoms with Gasteiger partial charge >= 0.3 is 0 Å². The number of hydrogen-bond donors (Lipinski definition) is 3. The van der Waals surface area contributed by atoms with Crippen LogP contribution in [-0.2, 0) is 4.79 Å². The van der Waals surface area contributed by atoms with Crippen LogP contribution >= 0.6 is 22.9 Å². The Hall–Kier alpha value is -0.620. The number of hydrogen-bond acceptors (Lipinski definition) is 4. The summed E-state index contributed by atoms with van der Waals surface area (Å²) in [5, 5.41) is 21.0. The number of aliphatic hydroxyl groups excluding tert-OH is 1. The Labute approximate surface area is 95.5 Å². The molecule has 1 aromatic heterocycles. The summed E-state index contributed by atoms with van der Waals surface area (Å²) in [6.07, 6.45) is -1.35. The first-order valence-electron chi connectivity index (χ1n) is 4.48. The SMILES string of the molecule is O=C1CC(C(O)O)C(c2ccc(Cl)s2)N1. The molecule has 3 N–H and O–H groups in total. The zero-order valence-electron chi connectivity index (χ0n) is 7.68. The Kier molecular flexibility index (Phi) is 2.97. The van der Waals surface area contributed by atoms with E-state index in [9.17, 15) is 4.79 Å². The zero-order chi connectivity index (χ0) is 11.0. The topological polar surface area (TPSA) is 69.6 Å². The van der Waals surface area contributed by atoms with Crippen LogP contribution in [0.25, 0.3) is 0 Å². The second kappa shape index (κ2) is 4.09. The van der Waals surface area contributed by atoms with Crippen molar-refractivity contribution in [2.45, 2.75) is 18.8 Å². The first-order chi connectivity index (χ1) is 7.08. The highest BCUT2D eigenvalue weighted by molar-refractivity contribution is 7.16. The lowest BCUT2D eigenvalue weighted by atomic mass is 9.99. The van der Waals surface area contributed by atoms with E-state index in [2.05, 4.69) is 5.32 Å². The van der Waals surface area contributed by atoms with E-state index in [1.165, 1.54) is 11.3 Å². The van der Waals surface area contributed by atoms with Crippen LogP contribution in [-0.4, -0.2) is 22.4 Å². The lowest BCUT2D eigenvalue weighted by molar-refractivity contribution is -0.121. The van der Waals surface area contributed by atoms with Crippen molar-refractivity contribution in [2.75, 3.05) is 0 Å². The van der Waals surface area contributed by atoms with Crippen LogP contribution in [0.3, 0.4) is 0 Å². The summed E-state index contributed by atoms with van der Waals surface area (Å²) in [5.41, 5.74) is 0. The Morgan fingerprint density at radius 2 is 2.27 bits per heavy atom. The molecule has 1 aliphatic rings. The molecule has 0 spiro atoms. The van der Waals surface area contributed by atoms with Crippen molar-refractivity contribution in [1.82, 2.24) is 5.32 Å². The molecule has 0 aromatic carbocycles. The molecule has 2 rings (SSSR count). The van der Waals surface area contributed by atoms with Crippen molar-refractivity contribution in [1.29, 1.82) is 0 Å². The molecule has 2 atom stereocenters. The number of amides is 1. The standard InChI is InChI=1S/C9H10ClNO3S/c10-6-2-1-5(15-6)8-4(9(13)14)3-7(12)11-8/h1-2,4,8-9,13-14H,3H2,(H,11,12). The molecule has 1 saturated heterocycles. The molecule has 82 valence electrons. The van der Waals surface area contributed by atoms with E-state index in [0.29, 0.717) is 4.34 Å². The third-order valence-corrected chi connectivity index (χ3v) is 3.76. The van der Waals surface area contributed by atoms with Crippen molar-refractivity contribution in [2.24, 2.45) is 5.92 Å². The van der Waals surface area contributed by atoms with Crippen LogP contribution in [0.4, 0.5) is 0 Å². The quantitative estimate of drug-likeness (QED) is 0.680. The highest BCUT2D eigenvalue weighted by Crippen LogP contribution is 2.36. The van der Waals surface area contributed by atoms with Crippen molar-refractivity contribution in [3.05, 3.63) is 21.3 Å². The summed E-state index contributed by atoms with van der Waals surface area (Å²) >= 11 is 7.12. The van der Waals surface area contributed by atoms with E-state index < -0.39 is 12.2 Å². The van der Waals surface area contributed by atoms with Crippen LogP contribution in [0.5, 0.6) is 0 Å². The number of rotatable bonds is 2. The van der Waals surface area contributed by atoms with E-state index in [-0.39, 0.29) is 18.4 Å². The molecule has 6 heteroatoms. The Morgan fingerprint density at radius 3 is 2.80 bits per heavy atom. The normalized spacial score (nSPS) is 26.0. The van der Waals surface area contributed by atoms with E-state index in [0.717, 1.165) is 4.88 Å². The van der Waals surface area contributed by atoms with Gasteiger partial charge < -0.3 is 15.5 Å². The minimum Gasteiger partial charge on any atom is -0.368 e. The van der Waals surface area contributed by atoms with E-state index in [4.69, 9.17) is 21.8 Å². The molecule has 2 heterocycles. The van der Waals surface area contributed by atoms with Gasteiger partial charge in [-0.1, -0.05) is 11.6 Å². The lowest BCUT2D eigenvalue weighted by Gasteiger charge is -2.18. The lowest BCUT2D eigenvalue weighted by Crippen LogP contribution is -2.26. The maximum atomic E-state index is 11.2. The second-order valence-electron chi connectivity index (χ2n) is 3.47. The summed E-state index contributed by atoms with van der Waals surface area (Å²) in [6, 6.07) is 3.18. The largest absolute Gasteiger partial charge is 0.368 e. The van der Waals surface area contributed by atoms with E-state index in [1.54, 1.807) is 12.1 Å². The van der Waals surface area contributed by atoms with Gasteiger partial charge in [0.15, 0.2) is 6.29 Å². The van der Waals surface area contributed by atoms with Crippen LogP contribution in [0.2, 0.25) is 4.34 Å². The molecule has 1 aromatic rings. The van der Waals surface area contributed by atoms with Gasteiger partial charge in [0.05, 0.1) is 10.4 Å². The molecule has 0 aliphatic carbocycles. The van der Waals surface area contributed by atoms with Crippen LogP contribution in [0.15, 0.2) is 12.1 Å². The van der Waals surface area contributed by atoms with Gasteiger partial charge in [0, 0.05) is 17.2 Å². The number of carbonyl (C=O) groups is 1. The van der Waals surface area contributed by atoms with Gasteiger partial charge in [-0.2, -0.15) is 0 Å². The second-order valence-corrected chi connectivity index (χ2v) is 5.22. The monoisotopic (exact) mass is 247 g/mol. The van der Waals surface area contributed by atoms with Gasteiger partial charge in [-0.05, 0) is 12.1 Å². The Bertz CT molecular complexity index is 379. The summed E-state index contributed by atoms with van der Waals surface area (Å²) in [7, 11) is 0. The van der Waals surface area contributed by atoms with Gasteiger partial charge in [0.1, 0.15) is 0 Å². The van der Waals surface area contributed by atoms with Gasteiger partial charge in [-0.3, -0.25) is 4.79 Å². The van der Waals surface area contributed by atoms with Crippen molar-refractivity contribution in [3.8, 4) is 0 Å². The molecular formula is C9H10ClNO3S. The highest BCUT2D eigenvalue weighted by atomic mass is 35.5. The highest BCUT2D eigenvalue weighted by Gasteiger charge is 2.38. The maximum absolute atomic E-state index is 11.2. The van der Waals surface area contributed by atoms with Gasteiger partial charge in [0.25, 0.3) is 0 Å². The number of nitrogens with one attached hydrogen (secondary N) is 1. The average Bonchev–Trinajstić information content (AvgIpc) is 2.71. The summed E-state index contributed by atoms with van der Waals surface area (Å²) < 4.78 is 0.623. The molecule has 15 heavy (non-hydrogen) atoms. The number of carbonyl (C=O) groups excluding carboxylic acids is 1. The van der Waals surface area contributed by atoms with Crippen LogP contribution < -0.4 is 5.32 Å². The maximum Gasteiger partial charge on any atom is 0.221 e. The van der Waals surface area contributed by atoms with E-state index >= 15 is 0 Å². The fourth-order valence-corrected chi connectivity index (χ4v) is 2.91. The summed E-state index contributed by atoms with van der Waals surface area (Å²) in [4.78, 5) is 12.0. The van der Waals surface area contributed by atoms with E-state index in [1.807, 2.05) is 0 Å². The Morgan fingerprint density at radius 1 is 1.53 bits per heavy atom. The molecule has 2 unspecified atom stereocenters. The molecule has 4 nitrogen and oxygen atoms in total. The molecule has 1 amide bonds. The molecular weight excluding hydrogens is 238 g/mol. The molecule has 0 radical (unpaired) electrons. The smallest absolute Gasteiger partial charge is 0.221 e. The average molecular weight is 248 g/mol. The fourth-order valence-electron chi connectivity index (χ4n) is 1.73. The van der Waals surface area contributed by atoms with Crippen LogP contribution in [0.1, 0.15) is 17.3 Å². The summed E-state index contributed by atoms with van der Waals surface area (Å²) in [6.45, 7) is 0. The first-order valence-corrected chi connectivity index (χ1v) is 5.68. The van der Waals surface area contributed by atoms with Crippen molar-refractivity contribution >= 4 is 28.8 Å². The molecule has 1 fully saturated rings.